The molecule has 0 N–H and O–H groups in total. The normalized spacial score (nSPS) is 18.1. The van der Waals surface area contributed by atoms with Crippen LogP contribution in [0.3, 0.4) is 0 Å². The Morgan fingerprint density at radius 2 is 1.81 bits per heavy atom. The highest BCUT2D eigenvalue weighted by molar-refractivity contribution is 6.34. The average molecular weight is 374 g/mol. The Labute approximate surface area is 159 Å². The van der Waals surface area contributed by atoms with E-state index in [1.165, 1.54) is 23.1 Å². The molecule has 1 fully saturated rings. The van der Waals surface area contributed by atoms with Gasteiger partial charge in [-0.3, -0.25) is 4.90 Å². The number of nitrogens with zero attached hydrogens (tertiary/aromatic N) is 1. The first-order chi connectivity index (χ1) is 12.7. The molecule has 4 rings (SSSR count). The molecule has 0 spiro atoms. The molecule has 2 aliphatic rings. The van der Waals surface area contributed by atoms with Crippen molar-refractivity contribution >= 4 is 11.6 Å². The van der Waals surface area contributed by atoms with E-state index in [4.69, 9.17) is 16.3 Å². The van der Waals surface area contributed by atoms with Crippen molar-refractivity contribution in [2.45, 2.75) is 38.3 Å². The molecule has 0 amide bonds. The fourth-order valence-corrected chi connectivity index (χ4v) is 4.39. The Bertz CT molecular complexity index is 771. The van der Waals surface area contributed by atoms with Crippen LogP contribution in [0.5, 0.6) is 5.75 Å². The summed E-state index contributed by atoms with van der Waals surface area (Å²) in [7, 11) is 0. The quantitative estimate of drug-likeness (QED) is 0.704. The van der Waals surface area contributed by atoms with E-state index in [9.17, 15) is 4.39 Å². The van der Waals surface area contributed by atoms with E-state index in [1.807, 2.05) is 12.1 Å². The Morgan fingerprint density at radius 1 is 1.04 bits per heavy atom. The van der Waals surface area contributed by atoms with E-state index in [0.717, 1.165) is 43.8 Å². The molecule has 2 aromatic carbocycles. The fraction of sp³-hybridized carbons (Fsp3) is 0.455. The van der Waals surface area contributed by atoms with Crippen molar-refractivity contribution in [2.75, 3.05) is 26.2 Å². The Hall–Kier alpha value is -1.58. The van der Waals surface area contributed by atoms with Crippen molar-refractivity contribution in [3.8, 4) is 16.9 Å². The average Bonchev–Trinajstić information content (AvgIpc) is 3.14. The summed E-state index contributed by atoms with van der Waals surface area (Å²) in [5.41, 5.74) is 5.17. The standard InChI is InChI=1S/C22H25ClFNO/c23-22-20(19-7-2-5-16-4-1-6-18(16)19)8-3-9-21(22)26-15-14-25-12-10-17(24)11-13-25/h2-3,5,7-9,17H,1,4,6,10-15H2. The summed E-state index contributed by atoms with van der Waals surface area (Å²) in [5.74, 6) is 0.736. The number of halogens is 2. The van der Waals surface area contributed by atoms with Crippen LogP contribution < -0.4 is 4.74 Å². The SMILES string of the molecule is FC1CCN(CCOc2cccc(-c3cccc4c3CCC4)c2Cl)CC1. The molecule has 1 saturated heterocycles. The highest BCUT2D eigenvalue weighted by atomic mass is 35.5. The van der Waals surface area contributed by atoms with Crippen LogP contribution in [0, 0.1) is 0 Å². The number of fused-ring (bicyclic) bond motifs is 1. The van der Waals surface area contributed by atoms with Gasteiger partial charge in [-0.15, -0.1) is 0 Å². The van der Waals surface area contributed by atoms with Crippen LogP contribution in [-0.2, 0) is 12.8 Å². The molecule has 0 aromatic heterocycles. The van der Waals surface area contributed by atoms with Crippen LogP contribution in [0.4, 0.5) is 4.39 Å². The van der Waals surface area contributed by atoms with Crippen molar-refractivity contribution < 1.29 is 9.13 Å². The predicted molar refractivity (Wildman–Crippen MR) is 105 cm³/mol. The molecule has 0 unspecified atom stereocenters. The van der Waals surface area contributed by atoms with E-state index >= 15 is 0 Å². The molecule has 1 heterocycles. The molecule has 1 aliphatic heterocycles. The summed E-state index contributed by atoms with van der Waals surface area (Å²) in [5, 5.41) is 0.690. The third kappa shape index (κ3) is 3.74. The van der Waals surface area contributed by atoms with Gasteiger partial charge in [0.15, 0.2) is 0 Å². The summed E-state index contributed by atoms with van der Waals surface area (Å²) < 4.78 is 19.2. The number of hydrogen-bond acceptors (Lipinski definition) is 2. The van der Waals surface area contributed by atoms with Crippen molar-refractivity contribution in [1.29, 1.82) is 0 Å². The molecule has 0 radical (unpaired) electrons. The van der Waals surface area contributed by atoms with Gasteiger partial charge < -0.3 is 4.74 Å². The third-order valence-electron chi connectivity index (χ3n) is 5.58. The fourth-order valence-electron chi connectivity index (χ4n) is 4.11. The van der Waals surface area contributed by atoms with Gasteiger partial charge in [0.1, 0.15) is 18.5 Å². The van der Waals surface area contributed by atoms with Crippen LogP contribution in [0.15, 0.2) is 36.4 Å². The smallest absolute Gasteiger partial charge is 0.138 e. The second-order valence-electron chi connectivity index (χ2n) is 7.28. The maximum atomic E-state index is 13.2. The van der Waals surface area contributed by atoms with Crippen LogP contribution in [0.2, 0.25) is 5.02 Å². The lowest BCUT2D eigenvalue weighted by Crippen LogP contribution is -2.37. The summed E-state index contributed by atoms with van der Waals surface area (Å²) in [4.78, 5) is 2.26. The molecule has 4 heteroatoms. The van der Waals surface area contributed by atoms with Crippen LogP contribution in [-0.4, -0.2) is 37.3 Å². The number of aryl methyl sites for hydroxylation is 1. The Morgan fingerprint density at radius 3 is 2.65 bits per heavy atom. The molecular formula is C22H25ClFNO. The predicted octanol–water partition coefficient (Wildman–Crippen LogP) is 5.31. The van der Waals surface area contributed by atoms with E-state index in [-0.39, 0.29) is 0 Å². The molecule has 1 aliphatic carbocycles. The Balaban J connectivity index is 1.46. The zero-order valence-electron chi connectivity index (χ0n) is 15.0. The summed E-state index contributed by atoms with van der Waals surface area (Å²) in [6, 6.07) is 12.5. The van der Waals surface area contributed by atoms with Crippen molar-refractivity contribution in [1.82, 2.24) is 4.90 Å². The zero-order valence-corrected chi connectivity index (χ0v) is 15.8. The minimum absolute atomic E-state index is 0.576. The highest BCUT2D eigenvalue weighted by Crippen LogP contribution is 2.39. The van der Waals surface area contributed by atoms with E-state index in [0.29, 0.717) is 24.5 Å². The van der Waals surface area contributed by atoms with Crippen molar-refractivity contribution in [3.63, 3.8) is 0 Å². The number of likely N-dealkylation sites (tertiary alicyclic amines) is 1. The van der Waals surface area contributed by atoms with Crippen LogP contribution >= 0.6 is 11.6 Å². The first kappa shape index (κ1) is 17.8. The van der Waals surface area contributed by atoms with Gasteiger partial charge in [0.05, 0.1) is 5.02 Å². The van der Waals surface area contributed by atoms with Gasteiger partial charge >= 0.3 is 0 Å². The van der Waals surface area contributed by atoms with Gasteiger partial charge in [-0.05, 0) is 54.9 Å². The lowest BCUT2D eigenvalue weighted by Gasteiger charge is -2.28. The number of hydrogen-bond donors (Lipinski definition) is 0. The molecule has 0 saturated carbocycles. The molecule has 0 bridgehead atoms. The van der Waals surface area contributed by atoms with Gasteiger partial charge in [0.25, 0.3) is 0 Å². The second kappa shape index (κ2) is 7.98. The minimum atomic E-state index is -0.633. The van der Waals surface area contributed by atoms with E-state index < -0.39 is 6.17 Å². The Kier molecular flexibility index (Phi) is 5.46. The lowest BCUT2D eigenvalue weighted by molar-refractivity contribution is 0.132. The van der Waals surface area contributed by atoms with E-state index in [2.05, 4.69) is 29.2 Å². The third-order valence-corrected chi connectivity index (χ3v) is 5.97. The first-order valence-corrected chi connectivity index (χ1v) is 9.99. The van der Waals surface area contributed by atoms with Gasteiger partial charge in [-0.1, -0.05) is 41.9 Å². The van der Waals surface area contributed by atoms with E-state index in [1.54, 1.807) is 0 Å². The maximum Gasteiger partial charge on any atom is 0.138 e. The molecule has 0 atom stereocenters. The molecule has 2 aromatic rings. The highest BCUT2D eigenvalue weighted by Gasteiger charge is 2.20. The zero-order chi connectivity index (χ0) is 17.9. The lowest BCUT2D eigenvalue weighted by atomic mass is 9.97. The summed E-state index contributed by atoms with van der Waals surface area (Å²) in [6.45, 7) is 3.02. The second-order valence-corrected chi connectivity index (χ2v) is 7.66. The maximum absolute atomic E-state index is 13.2. The molecule has 26 heavy (non-hydrogen) atoms. The largest absolute Gasteiger partial charge is 0.491 e. The number of benzene rings is 2. The molecule has 2 nitrogen and oxygen atoms in total. The van der Waals surface area contributed by atoms with Gasteiger partial charge in [-0.2, -0.15) is 0 Å². The number of alkyl halides is 1. The summed E-state index contributed by atoms with van der Waals surface area (Å²) in [6.07, 6.45) is 4.13. The van der Waals surface area contributed by atoms with Gasteiger partial charge in [0, 0.05) is 25.2 Å². The van der Waals surface area contributed by atoms with Crippen molar-refractivity contribution in [3.05, 3.63) is 52.5 Å². The first-order valence-electron chi connectivity index (χ1n) is 9.61. The molecule has 138 valence electrons. The number of rotatable bonds is 5. The minimum Gasteiger partial charge on any atom is -0.491 e. The van der Waals surface area contributed by atoms with Crippen LogP contribution in [0.25, 0.3) is 11.1 Å². The number of ether oxygens (including phenoxy) is 1. The van der Waals surface area contributed by atoms with Gasteiger partial charge in [-0.25, -0.2) is 4.39 Å². The molecular weight excluding hydrogens is 349 g/mol. The van der Waals surface area contributed by atoms with Gasteiger partial charge in [0.2, 0.25) is 0 Å². The number of piperidine rings is 1. The van der Waals surface area contributed by atoms with Crippen molar-refractivity contribution in [2.24, 2.45) is 0 Å². The van der Waals surface area contributed by atoms with Crippen LogP contribution in [0.1, 0.15) is 30.4 Å². The monoisotopic (exact) mass is 373 g/mol. The summed E-state index contributed by atoms with van der Waals surface area (Å²) >= 11 is 6.70. The topological polar surface area (TPSA) is 12.5 Å².